The van der Waals surface area contributed by atoms with Gasteiger partial charge in [-0.2, -0.15) is 0 Å². The summed E-state index contributed by atoms with van der Waals surface area (Å²) < 4.78 is 39.3. The van der Waals surface area contributed by atoms with E-state index in [1.54, 1.807) is 0 Å². The highest BCUT2D eigenvalue weighted by Gasteiger charge is 2.10. The van der Waals surface area contributed by atoms with Crippen LogP contribution in [-0.2, 0) is 6.54 Å². The van der Waals surface area contributed by atoms with E-state index in [1.807, 2.05) is 18.2 Å². The fourth-order valence-corrected chi connectivity index (χ4v) is 2.19. The molecule has 112 valence electrons. The number of hydrogen-bond donors (Lipinski definition) is 1. The molecule has 2 aromatic rings. The monoisotopic (exact) mass is 293 g/mol. The molecule has 1 unspecified atom stereocenters. The Morgan fingerprint density at radius 1 is 0.952 bits per heavy atom. The normalized spacial score (nSPS) is 12.4. The smallest absolute Gasteiger partial charge is 0.161 e. The van der Waals surface area contributed by atoms with Crippen molar-refractivity contribution in [2.45, 2.75) is 25.8 Å². The van der Waals surface area contributed by atoms with E-state index in [4.69, 9.17) is 0 Å². The third-order valence-electron chi connectivity index (χ3n) is 3.53. The van der Waals surface area contributed by atoms with Gasteiger partial charge in [-0.3, -0.25) is 0 Å². The highest BCUT2D eigenvalue weighted by atomic mass is 19.2. The predicted octanol–water partition coefficient (Wildman–Crippen LogP) is 4.39. The van der Waals surface area contributed by atoms with Gasteiger partial charge in [0.25, 0.3) is 0 Å². The maximum Gasteiger partial charge on any atom is 0.161 e. The highest BCUT2D eigenvalue weighted by molar-refractivity contribution is 5.20. The van der Waals surface area contributed by atoms with Crippen LogP contribution >= 0.6 is 0 Å². The van der Waals surface area contributed by atoms with Crippen LogP contribution in [-0.4, -0.2) is 6.54 Å². The van der Waals surface area contributed by atoms with Crippen LogP contribution in [0.1, 0.15) is 30.4 Å². The summed E-state index contributed by atoms with van der Waals surface area (Å²) in [4.78, 5) is 0. The number of nitrogens with one attached hydrogen (secondary N) is 1. The van der Waals surface area contributed by atoms with Crippen LogP contribution in [0.3, 0.4) is 0 Å². The second-order valence-corrected chi connectivity index (χ2v) is 5.13. The van der Waals surface area contributed by atoms with Crippen molar-refractivity contribution in [1.82, 2.24) is 5.32 Å². The Hall–Kier alpha value is -1.81. The third kappa shape index (κ3) is 4.33. The molecule has 0 radical (unpaired) electrons. The molecular formula is C17H18F3N. The second-order valence-electron chi connectivity index (χ2n) is 5.13. The predicted molar refractivity (Wildman–Crippen MR) is 77.5 cm³/mol. The van der Waals surface area contributed by atoms with Crippen LogP contribution in [0, 0.1) is 17.5 Å². The van der Waals surface area contributed by atoms with Gasteiger partial charge in [0.05, 0.1) is 0 Å². The van der Waals surface area contributed by atoms with Crippen LogP contribution in [0.5, 0.6) is 0 Å². The van der Waals surface area contributed by atoms with Crippen molar-refractivity contribution in [3.8, 4) is 0 Å². The molecule has 0 saturated carbocycles. The van der Waals surface area contributed by atoms with Crippen molar-refractivity contribution in [1.29, 1.82) is 0 Å². The molecule has 1 nitrogen and oxygen atoms in total. The zero-order valence-corrected chi connectivity index (χ0v) is 11.9. The molecule has 0 fully saturated rings. The Labute approximate surface area is 122 Å². The Morgan fingerprint density at radius 2 is 1.62 bits per heavy atom. The largest absolute Gasteiger partial charge is 0.313 e. The molecule has 0 amide bonds. The van der Waals surface area contributed by atoms with Crippen molar-refractivity contribution in [2.75, 3.05) is 6.54 Å². The first-order chi connectivity index (χ1) is 10.1. The topological polar surface area (TPSA) is 12.0 Å². The van der Waals surface area contributed by atoms with E-state index in [9.17, 15) is 13.2 Å². The number of benzene rings is 2. The first-order valence-corrected chi connectivity index (χ1v) is 6.97. The van der Waals surface area contributed by atoms with E-state index in [1.165, 1.54) is 5.56 Å². The second kappa shape index (κ2) is 7.27. The van der Waals surface area contributed by atoms with E-state index >= 15 is 0 Å². The molecule has 0 aliphatic rings. The van der Waals surface area contributed by atoms with Crippen LogP contribution in [0.25, 0.3) is 0 Å². The van der Waals surface area contributed by atoms with E-state index < -0.39 is 17.5 Å². The van der Waals surface area contributed by atoms with Crippen LogP contribution in [0.4, 0.5) is 13.2 Å². The van der Waals surface area contributed by atoms with Gasteiger partial charge in [0.15, 0.2) is 11.6 Å². The average Bonchev–Trinajstić information content (AvgIpc) is 2.49. The Balaban J connectivity index is 1.81. The molecule has 2 rings (SSSR count). The van der Waals surface area contributed by atoms with Gasteiger partial charge in [-0.25, -0.2) is 13.2 Å². The molecular weight excluding hydrogens is 275 g/mol. The molecule has 1 N–H and O–H groups in total. The lowest BCUT2D eigenvalue weighted by Crippen LogP contribution is -2.17. The minimum Gasteiger partial charge on any atom is -0.313 e. The van der Waals surface area contributed by atoms with Gasteiger partial charge in [-0.15, -0.1) is 0 Å². The van der Waals surface area contributed by atoms with Crippen LogP contribution in [0.2, 0.25) is 0 Å². The summed E-state index contributed by atoms with van der Waals surface area (Å²) in [5.41, 5.74) is 1.39. The molecule has 0 aromatic heterocycles. The van der Waals surface area contributed by atoms with Crippen LogP contribution < -0.4 is 5.32 Å². The standard InChI is InChI=1S/C17H18F3N/c1-12(13-5-3-2-4-6-13)7-8-21-11-14-9-16(19)17(20)10-15(14)18/h2-6,9-10,12,21H,7-8,11H2,1H3. The fourth-order valence-electron chi connectivity index (χ4n) is 2.19. The maximum absolute atomic E-state index is 13.4. The summed E-state index contributed by atoms with van der Waals surface area (Å²) in [7, 11) is 0. The lowest BCUT2D eigenvalue weighted by molar-refractivity contribution is 0.485. The molecule has 4 heteroatoms. The maximum atomic E-state index is 13.4. The Morgan fingerprint density at radius 3 is 2.33 bits per heavy atom. The summed E-state index contributed by atoms with van der Waals surface area (Å²) in [6.07, 6.45) is 0.884. The lowest BCUT2D eigenvalue weighted by Gasteiger charge is -2.12. The molecule has 0 aliphatic carbocycles. The zero-order valence-electron chi connectivity index (χ0n) is 11.9. The van der Waals surface area contributed by atoms with Crippen molar-refractivity contribution < 1.29 is 13.2 Å². The minimum absolute atomic E-state index is 0.140. The van der Waals surface area contributed by atoms with E-state index in [0.717, 1.165) is 12.5 Å². The molecule has 0 aliphatic heterocycles. The summed E-state index contributed by atoms with van der Waals surface area (Å²) in [5, 5.41) is 3.06. The summed E-state index contributed by atoms with van der Waals surface area (Å²) >= 11 is 0. The molecule has 1 atom stereocenters. The minimum atomic E-state index is -1.16. The van der Waals surface area contributed by atoms with Crippen LogP contribution in [0.15, 0.2) is 42.5 Å². The number of rotatable bonds is 6. The van der Waals surface area contributed by atoms with Gasteiger partial charge in [0.1, 0.15) is 5.82 Å². The summed E-state index contributed by atoms with van der Waals surface area (Å²) in [6.45, 7) is 2.98. The molecule has 2 aromatic carbocycles. The van der Waals surface area contributed by atoms with Gasteiger partial charge in [0.2, 0.25) is 0 Å². The zero-order chi connectivity index (χ0) is 15.2. The van der Waals surface area contributed by atoms with E-state index in [2.05, 4.69) is 24.4 Å². The van der Waals surface area contributed by atoms with Gasteiger partial charge in [-0.1, -0.05) is 37.3 Å². The van der Waals surface area contributed by atoms with Crippen molar-refractivity contribution >= 4 is 0 Å². The molecule has 0 saturated heterocycles. The van der Waals surface area contributed by atoms with Gasteiger partial charge in [0, 0.05) is 18.2 Å². The SMILES string of the molecule is CC(CCNCc1cc(F)c(F)cc1F)c1ccccc1. The van der Waals surface area contributed by atoms with Crippen molar-refractivity contribution in [3.63, 3.8) is 0 Å². The van der Waals surface area contributed by atoms with Gasteiger partial charge < -0.3 is 5.32 Å². The molecule has 0 spiro atoms. The molecule has 0 heterocycles. The highest BCUT2D eigenvalue weighted by Crippen LogP contribution is 2.18. The van der Waals surface area contributed by atoms with E-state index in [-0.39, 0.29) is 12.1 Å². The van der Waals surface area contributed by atoms with Crippen molar-refractivity contribution in [2.24, 2.45) is 0 Å². The van der Waals surface area contributed by atoms with E-state index in [0.29, 0.717) is 18.5 Å². The average molecular weight is 293 g/mol. The number of hydrogen-bond acceptors (Lipinski definition) is 1. The summed E-state index contributed by atoms with van der Waals surface area (Å²) in [5.74, 6) is -2.52. The summed E-state index contributed by atoms with van der Waals surface area (Å²) in [6, 6.07) is 11.6. The Kier molecular flexibility index (Phi) is 5.39. The fraction of sp³-hybridized carbons (Fsp3) is 0.294. The Bertz CT molecular complexity index is 584. The lowest BCUT2D eigenvalue weighted by atomic mass is 9.98. The van der Waals surface area contributed by atoms with Crippen molar-refractivity contribution in [3.05, 3.63) is 71.0 Å². The first-order valence-electron chi connectivity index (χ1n) is 6.97. The third-order valence-corrected chi connectivity index (χ3v) is 3.53. The van der Waals surface area contributed by atoms with Gasteiger partial charge in [-0.05, 0) is 30.5 Å². The van der Waals surface area contributed by atoms with Gasteiger partial charge >= 0.3 is 0 Å². The first kappa shape index (κ1) is 15.6. The molecule has 21 heavy (non-hydrogen) atoms. The number of halogens is 3. The molecule has 0 bridgehead atoms. The quantitative estimate of drug-likeness (QED) is 0.615.